The van der Waals surface area contributed by atoms with Gasteiger partial charge in [0.25, 0.3) is 0 Å². The molecule has 2 rings (SSSR count). The Labute approximate surface area is 224 Å². The zero-order valence-corrected chi connectivity index (χ0v) is 22.7. The van der Waals surface area contributed by atoms with Gasteiger partial charge in [-0.05, 0) is 61.4 Å². The lowest BCUT2D eigenvalue weighted by molar-refractivity contribution is -0.0182. The highest BCUT2D eigenvalue weighted by atomic mass is 16.6. The Bertz CT molecular complexity index is 884. The van der Waals surface area contributed by atoms with Crippen molar-refractivity contribution >= 4 is 23.3 Å². The molecule has 38 heavy (non-hydrogen) atoms. The zero-order valence-electron chi connectivity index (χ0n) is 22.7. The number of aliphatic hydroxyl groups excluding tert-OH is 2. The summed E-state index contributed by atoms with van der Waals surface area (Å²) >= 11 is 0. The molecular weight excluding hydrogens is 492 g/mol. The first-order valence-electron chi connectivity index (χ1n) is 12.6. The minimum atomic E-state index is -0.917. The van der Waals surface area contributed by atoms with Crippen molar-refractivity contribution in [2.24, 2.45) is 0 Å². The van der Waals surface area contributed by atoms with Gasteiger partial charge in [-0.25, -0.2) is 9.59 Å². The molecule has 0 bridgehead atoms. The van der Waals surface area contributed by atoms with Crippen LogP contribution in [0.3, 0.4) is 0 Å². The Hall–Kier alpha value is -3.18. The van der Waals surface area contributed by atoms with Gasteiger partial charge in [-0.1, -0.05) is 0 Å². The van der Waals surface area contributed by atoms with Crippen LogP contribution < -0.4 is 9.80 Å². The van der Waals surface area contributed by atoms with Gasteiger partial charge in [0.2, 0.25) is 0 Å². The Morgan fingerprint density at radius 2 is 0.974 bits per heavy atom. The third-order valence-corrected chi connectivity index (χ3v) is 5.50. The standard InChI is InChI=1S/C28H40N2O8/c1-29(2)23-11-7-21(8-12-23)27(33)37-19-25(31)17-35-15-5-6-16-36-18-26(32)20-38-28(34)22-9-13-24(14-10-22)30(3)4/h7-14,25-26,31-32H,5-6,15-20H2,1-4H3. The maximum absolute atomic E-state index is 12.1. The summed E-state index contributed by atoms with van der Waals surface area (Å²) in [4.78, 5) is 28.0. The second-order valence-corrected chi connectivity index (χ2v) is 9.24. The van der Waals surface area contributed by atoms with Crippen LogP contribution in [-0.2, 0) is 18.9 Å². The number of hydrogen-bond donors (Lipinski definition) is 2. The fraction of sp³-hybridized carbons (Fsp3) is 0.500. The van der Waals surface area contributed by atoms with Crippen LogP contribution in [0.15, 0.2) is 48.5 Å². The summed E-state index contributed by atoms with van der Waals surface area (Å²) in [6, 6.07) is 14.0. The summed E-state index contributed by atoms with van der Waals surface area (Å²) in [5.41, 5.74) is 2.78. The second kappa shape index (κ2) is 16.6. The van der Waals surface area contributed by atoms with E-state index in [0.29, 0.717) is 37.2 Å². The number of ether oxygens (including phenoxy) is 4. The summed E-state index contributed by atoms with van der Waals surface area (Å²) < 4.78 is 21.1. The first kappa shape index (κ1) is 31.0. The van der Waals surface area contributed by atoms with Gasteiger partial charge in [0, 0.05) is 52.8 Å². The number of nitrogens with zero attached hydrogens (tertiary/aromatic N) is 2. The molecule has 0 spiro atoms. The van der Waals surface area contributed by atoms with Crippen LogP contribution in [-0.4, -0.2) is 102 Å². The van der Waals surface area contributed by atoms with Crippen LogP contribution in [0.1, 0.15) is 33.6 Å². The van der Waals surface area contributed by atoms with E-state index >= 15 is 0 Å². The molecule has 2 aromatic carbocycles. The van der Waals surface area contributed by atoms with Crippen molar-refractivity contribution in [3.05, 3.63) is 59.7 Å². The van der Waals surface area contributed by atoms with Crippen molar-refractivity contribution in [1.29, 1.82) is 0 Å². The Morgan fingerprint density at radius 1 is 0.632 bits per heavy atom. The van der Waals surface area contributed by atoms with Crippen LogP contribution in [0.5, 0.6) is 0 Å². The average Bonchev–Trinajstić information content (AvgIpc) is 2.91. The molecule has 2 N–H and O–H groups in total. The number of anilines is 2. The van der Waals surface area contributed by atoms with Gasteiger partial charge >= 0.3 is 11.9 Å². The van der Waals surface area contributed by atoms with Crippen molar-refractivity contribution in [3.63, 3.8) is 0 Å². The number of carbonyl (C=O) groups is 2. The summed E-state index contributed by atoms with van der Waals surface area (Å²) in [7, 11) is 7.65. The van der Waals surface area contributed by atoms with E-state index in [9.17, 15) is 19.8 Å². The van der Waals surface area contributed by atoms with Crippen LogP contribution in [0.4, 0.5) is 11.4 Å². The molecule has 2 aromatic rings. The van der Waals surface area contributed by atoms with Crippen molar-refractivity contribution in [2.45, 2.75) is 25.0 Å². The fourth-order valence-electron chi connectivity index (χ4n) is 3.24. The van der Waals surface area contributed by atoms with Gasteiger partial charge in [0.05, 0.1) is 24.3 Å². The number of carbonyl (C=O) groups excluding carboxylic acids is 2. The molecule has 0 radical (unpaired) electrons. The average molecular weight is 533 g/mol. The van der Waals surface area contributed by atoms with Gasteiger partial charge in [-0.3, -0.25) is 0 Å². The van der Waals surface area contributed by atoms with Crippen LogP contribution in [0, 0.1) is 0 Å². The number of hydrogen-bond acceptors (Lipinski definition) is 10. The minimum Gasteiger partial charge on any atom is -0.459 e. The monoisotopic (exact) mass is 532 g/mol. The quantitative estimate of drug-likeness (QED) is 0.232. The molecule has 2 atom stereocenters. The molecule has 0 aliphatic rings. The molecule has 210 valence electrons. The number of unbranched alkanes of at least 4 members (excludes halogenated alkanes) is 1. The normalized spacial score (nSPS) is 12.5. The second-order valence-electron chi connectivity index (χ2n) is 9.24. The lowest BCUT2D eigenvalue weighted by Crippen LogP contribution is -2.24. The smallest absolute Gasteiger partial charge is 0.338 e. The third-order valence-electron chi connectivity index (χ3n) is 5.50. The molecular formula is C28H40N2O8. The van der Waals surface area contributed by atoms with E-state index in [4.69, 9.17) is 18.9 Å². The maximum Gasteiger partial charge on any atom is 0.338 e. The number of aliphatic hydroxyl groups is 2. The van der Waals surface area contributed by atoms with E-state index in [-0.39, 0.29) is 26.4 Å². The van der Waals surface area contributed by atoms with Gasteiger partial charge in [-0.2, -0.15) is 0 Å². The zero-order chi connectivity index (χ0) is 27.9. The van der Waals surface area contributed by atoms with Crippen LogP contribution in [0.2, 0.25) is 0 Å². The highest BCUT2D eigenvalue weighted by molar-refractivity contribution is 5.90. The summed E-state index contributed by atoms with van der Waals surface area (Å²) in [5.74, 6) is -0.996. The third kappa shape index (κ3) is 11.5. The van der Waals surface area contributed by atoms with E-state index in [1.165, 1.54) is 0 Å². The Morgan fingerprint density at radius 3 is 1.29 bits per heavy atom. The predicted octanol–water partition coefficient (Wildman–Crippen LogP) is 2.37. The van der Waals surface area contributed by atoms with E-state index in [1.54, 1.807) is 24.3 Å². The van der Waals surface area contributed by atoms with E-state index in [1.807, 2.05) is 62.3 Å². The molecule has 0 aliphatic carbocycles. The van der Waals surface area contributed by atoms with E-state index in [0.717, 1.165) is 11.4 Å². The molecule has 0 heterocycles. The van der Waals surface area contributed by atoms with E-state index in [2.05, 4.69) is 0 Å². The molecule has 10 nitrogen and oxygen atoms in total. The van der Waals surface area contributed by atoms with Crippen molar-refractivity contribution in [1.82, 2.24) is 0 Å². The number of esters is 2. The number of rotatable bonds is 17. The van der Waals surface area contributed by atoms with Gasteiger partial charge in [0.15, 0.2) is 0 Å². The Kier molecular flexibility index (Phi) is 13.6. The van der Waals surface area contributed by atoms with E-state index < -0.39 is 24.1 Å². The molecule has 0 aliphatic heterocycles. The SMILES string of the molecule is CN(C)c1ccc(C(=O)OCC(O)COCCCCOCC(O)COC(=O)c2ccc(N(C)C)cc2)cc1. The Balaban J connectivity index is 1.47. The molecule has 0 aromatic heterocycles. The minimum absolute atomic E-state index is 0.0512. The van der Waals surface area contributed by atoms with Crippen LogP contribution >= 0.6 is 0 Å². The lowest BCUT2D eigenvalue weighted by atomic mass is 10.2. The van der Waals surface area contributed by atoms with Gasteiger partial charge in [-0.15, -0.1) is 0 Å². The van der Waals surface area contributed by atoms with Crippen molar-refractivity contribution < 1.29 is 38.7 Å². The lowest BCUT2D eigenvalue weighted by Gasteiger charge is -2.14. The fourth-order valence-corrected chi connectivity index (χ4v) is 3.24. The molecule has 0 fully saturated rings. The topological polar surface area (TPSA) is 118 Å². The number of benzene rings is 2. The first-order chi connectivity index (χ1) is 18.2. The summed E-state index contributed by atoms with van der Waals surface area (Å²) in [5, 5.41) is 19.9. The highest BCUT2D eigenvalue weighted by Crippen LogP contribution is 2.14. The molecule has 10 heteroatoms. The first-order valence-corrected chi connectivity index (χ1v) is 12.6. The maximum atomic E-state index is 12.1. The van der Waals surface area contributed by atoms with Gasteiger partial charge < -0.3 is 39.0 Å². The van der Waals surface area contributed by atoms with Crippen molar-refractivity contribution in [3.8, 4) is 0 Å². The van der Waals surface area contributed by atoms with Crippen LogP contribution in [0.25, 0.3) is 0 Å². The van der Waals surface area contributed by atoms with Crippen molar-refractivity contribution in [2.75, 3.05) is 77.6 Å². The molecule has 0 saturated heterocycles. The highest BCUT2D eigenvalue weighted by Gasteiger charge is 2.13. The predicted molar refractivity (Wildman–Crippen MR) is 145 cm³/mol. The summed E-state index contributed by atoms with van der Waals surface area (Å²) in [6.07, 6.45) is -0.447. The molecule has 2 unspecified atom stereocenters. The largest absolute Gasteiger partial charge is 0.459 e. The molecule has 0 saturated carbocycles. The summed E-state index contributed by atoms with van der Waals surface area (Å²) in [6.45, 7) is 0.619. The van der Waals surface area contributed by atoms with Gasteiger partial charge in [0.1, 0.15) is 25.4 Å². The molecule has 0 amide bonds.